The highest BCUT2D eigenvalue weighted by Gasteiger charge is 2.20. The fourth-order valence-corrected chi connectivity index (χ4v) is 5.00. The van der Waals surface area contributed by atoms with Crippen LogP contribution in [0.25, 0.3) is 17.0 Å². The number of carbonyl (C=O) groups excluding carboxylic acids is 1. The zero-order valence-electron chi connectivity index (χ0n) is 20.6. The van der Waals surface area contributed by atoms with Gasteiger partial charge < -0.3 is 19.3 Å². The van der Waals surface area contributed by atoms with E-state index >= 15 is 0 Å². The maximum Gasteiger partial charge on any atom is 0.410 e. The van der Waals surface area contributed by atoms with Crippen LogP contribution in [0.4, 0.5) is 20.7 Å². The minimum absolute atomic E-state index is 0.0178. The number of aromatic nitrogens is 3. The molecule has 3 aromatic rings. The molecule has 8 nitrogen and oxygen atoms in total. The van der Waals surface area contributed by atoms with Crippen molar-refractivity contribution < 1.29 is 18.7 Å². The van der Waals surface area contributed by atoms with Crippen LogP contribution in [0.3, 0.4) is 0 Å². The van der Waals surface area contributed by atoms with Gasteiger partial charge in [0, 0.05) is 31.2 Å². The molecule has 2 heterocycles. The maximum absolute atomic E-state index is 13.9. The normalized spacial score (nSPS) is 11.9. The van der Waals surface area contributed by atoms with E-state index in [4.69, 9.17) is 21.1 Å². The number of hydrogen-bond donors (Lipinski definition) is 0. The molecule has 0 saturated heterocycles. The van der Waals surface area contributed by atoms with E-state index in [-0.39, 0.29) is 5.02 Å². The lowest BCUT2D eigenvalue weighted by molar-refractivity contribution is 0.0235. The number of halogens is 3. The second kappa shape index (κ2) is 12.5. The predicted molar refractivity (Wildman–Crippen MR) is 153 cm³/mol. The quantitative estimate of drug-likeness (QED) is 0.139. The Labute approximate surface area is 230 Å². The summed E-state index contributed by atoms with van der Waals surface area (Å²) in [4.78, 5) is 20.1. The highest BCUT2D eigenvalue weighted by molar-refractivity contribution is 14.2. The van der Waals surface area contributed by atoms with Crippen molar-refractivity contribution in [2.45, 2.75) is 26.4 Å². The molecular weight excluding hydrogens is 619 g/mol. The number of ether oxygens (including phenoxy) is 2. The number of benzene rings is 1. The van der Waals surface area contributed by atoms with E-state index < -0.39 is 17.5 Å². The number of likely N-dealkylation sites (N-methyl/N-ethyl adjacent to an activating group) is 1. The van der Waals surface area contributed by atoms with Crippen molar-refractivity contribution in [1.82, 2.24) is 19.4 Å². The Morgan fingerprint density at radius 2 is 2.03 bits per heavy atom. The maximum atomic E-state index is 13.9. The molecule has 0 aliphatic rings. The molecule has 1 unspecified atom stereocenters. The molecule has 2 aromatic heterocycles. The lowest BCUT2D eigenvalue weighted by atomic mass is 10.2. The van der Waals surface area contributed by atoms with Gasteiger partial charge in [-0.2, -0.15) is 5.10 Å². The molecule has 1 aromatic carbocycles. The SMILES string of the molecule is C=Cc1nn(PI)c2cnc(N(CCOCCN(C)C(=O)OC(C)(C)C)c3ccc(F)c(Cl)c3)cc12. The van der Waals surface area contributed by atoms with Crippen molar-refractivity contribution in [2.75, 3.05) is 38.3 Å². The zero-order chi connectivity index (χ0) is 26.5. The number of rotatable bonds is 10. The number of fused-ring (bicyclic) bond motifs is 1. The van der Waals surface area contributed by atoms with Crippen molar-refractivity contribution >= 4 is 74.6 Å². The summed E-state index contributed by atoms with van der Waals surface area (Å²) in [7, 11) is 1.66. The van der Waals surface area contributed by atoms with Gasteiger partial charge >= 0.3 is 6.09 Å². The third-order valence-electron chi connectivity index (χ3n) is 5.08. The molecule has 0 radical (unpaired) electrons. The molecule has 0 bridgehead atoms. The van der Waals surface area contributed by atoms with E-state index in [9.17, 15) is 9.18 Å². The first-order chi connectivity index (χ1) is 17.0. The monoisotopic (exact) mass is 647 g/mol. The fraction of sp³-hybridized carbons (Fsp3) is 0.375. The first-order valence-electron chi connectivity index (χ1n) is 11.2. The number of pyridine rings is 1. The number of anilines is 2. The first kappa shape index (κ1) is 28.6. The van der Waals surface area contributed by atoms with E-state index in [0.717, 1.165) is 16.6 Å². The molecular formula is C24H29ClFIN5O3P. The van der Waals surface area contributed by atoms with E-state index in [1.807, 2.05) is 36.2 Å². The van der Waals surface area contributed by atoms with Crippen molar-refractivity contribution in [1.29, 1.82) is 0 Å². The molecule has 194 valence electrons. The zero-order valence-corrected chi connectivity index (χ0v) is 24.5. The summed E-state index contributed by atoms with van der Waals surface area (Å²) in [5.41, 5.74) is 1.78. The van der Waals surface area contributed by atoms with E-state index in [1.54, 1.807) is 31.5 Å². The molecule has 0 saturated carbocycles. The molecule has 3 rings (SSSR count). The van der Waals surface area contributed by atoms with Gasteiger partial charge in [0.2, 0.25) is 0 Å². The van der Waals surface area contributed by atoms with Gasteiger partial charge in [0.25, 0.3) is 0 Å². The van der Waals surface area contributed by atoms with Gasteiger partial charge in [0.05, 0.1) is 42.0 Å². The van der Waals surface area contributed by atoms with Crippen molar-refractivity contribution in [3.63, 3.8) is 0 Å². The van der Waals surface area contributed by atoms with Crippen LogP contribution in [0.1, 0.15) is 26.5 Å². The summed E-state index contributed by atoms with van der Waals surface area (Å²) >= 11 is 8.34. The molecule has 0 fully saturated rings. The summed E-state index contributed by atoms with van der Waals surface area (Å²) in [5, 5.41) is 5.50. The predicted octanol–water partition coefficient (Wildman–Crippen LogP) is 6.68. The number of hydrogen-bond acceptors (Lipinski definition) is 6. The van der Waals surface area contributed by atoms with Gasteiger partial charge in [-0.1, -0.05) is 18.2 Å². The summed E-state index contributed by atoms with van der Waals surface area (Å²) in [6.45, 7) is 10.8. The highest BCUT2D eigenvalue weighted by atomic mass is 127. The summed E-state index contributed by atoms with van der Waals surface area (Å²) in [5.74, 6) is 0.141. The topological polar surface area (TPSA) is 72.7 Å². The van der Waals surface area contributed by atoms with Gasteiger partial charge in [-0.05, 0) is 73.2 Å². The number of nitrogens with zero attached hydrogens (tertiary/aromatic N) is 5. The second-order valence-electron chi connectivity index (χ2n) is 8.91. The van der Waals surface area contributed by atoms with Gasteiger partial charge in [0.15, 0.2) is 0 Å². The molecule has 36 heavy (non-hydrogen) atoms. The largest absolute Gasteiger partial charge is 0.444 e. The molecule has 0 aliphatic heterocycles. The van der Waals surface area contributed by atoms with Crippen LogP contribution in [-0.2, 0) is 9.47 Å². The summed E-state index contributed by atoms with van der Waals surface area (Å²) in [6.07, 6.45) is 3.49. The average molecular weight is 648 g/mol. The van der Waals surface area contributed by atoms with Crippen LogP contribution in [0, 0.1) is 5.82 Å². The third-order valence-corrected chi connectivity index (χ3v) is 7.24. The third kappa shape index (κ3) is 7.27. The minimum atomic E-state index is -0.559. The number of amides is 1. The van der Waals surface area contributed by atoms with Crippen LogP contribution < -0.4 is 4.90 Å². The highest BCUT2D eigenvalue weighted by Crippen LogP contribution is 2.34. The lowest BCUT2D eigenvalue weighted by Gasteiger charge is -2.25. The molecule has 0 spiro atoms. The smallest absolute Gasteiger partial charge is 0.410 e. The van der Waals surface area contributed by atoms with E-state index in [2.05, 4.69) is 38.7 Å². The van der Waals surface area contributed by atoms with Crippen molar-refractivity contribution in [2.24, 2.45) is 0 Å². The summed E-state index contributed by atoms with van der Waals surface area (Å²) < 4.78 is 26.9. The molecule has 1 atom stereocenters. The van der Waals surface area contributed by atoms with Gasteiger partial charge in [-0.25, -0.2) is 18.6 Å². The van der Waals surface area contributed by atoms with Gasteiger partial charge in [-0.3, -0.25) is 0 Å². The molecule has 12 heteroatoms. The minimum Gasteiger partial charge on any atom is -0.444 e. The van der Waals surface area contributed by atoms with E-state index in [0.29, 0.717) is 44.2 Å². The van der Waals surface area contributed by atoms with Gasteiger partial charge in [0.1, 0.15) is 17.2 Å². The van der Waals surface area contributed by atoms with Crippen LogP contribution in [0.15, 0.2) is 37.0 Å². The number of carbonyl (C=O) groups is 1. The molecule has 0 aliphatic carbocycles. The molecule has 1 amide bonds. The van der Waals surface area contributed by atoms with Crippen LogP contribution in [0.2, 0.25) is 5.02 Å². The Morgan fingerprint density at radius 3 is 2.67 bits per heavy atom. The average Bonchev–Trinajstić information content (AvgIpc) is 3.19. The Balaban J connectivity index is 1.75. The fourth-order valence-electron chi connectivity index (χ4n) is 3.31. The van der Waals surface area contributed by atoms with E-state index in [1.165, 1.54) is 11.0 Å². The van der Waals surface area contributed by atoms with Crippen LogP contribution in [0.5, 0.6) is 0 Å². The van der Waals surface area contributed by atoms with Crippen molar-refractivity contribution in [3.8, 4) is 0 Å². The Hall–Kier alpha value is -2.01. The Bertz CT molecular complexity index is 1240. The second-order valence-corrected chi connectivity index (χ2v) is 11.4. The standard InChI is InChI=1S/C24H29ClFIN5O3P/c1-6-20-17-14-22(28-15-21(17)32(29-20)36-27)31(16-7-8-19(26)18(25)13-16)10-12-34-11-9-30(5)23(33)35-24(2,3)4/h6-8,13-15,36H,1,9-12H2,2-5H3. The lowest BCUT2D eigenvalue weighted by Crippen LogP contribution is -2.36. The van der Waals surface area contributed by atoms with Gasteiger partial charge in [-0.15, -0.1) is 0 Å². The Kier molecular flexibility index (Phi) is 9.91. The summed E-state index contributed by atoms with van der Waals surface area (Å²) in [6, 6.07) is 6.46. The molecule has 0 N–H and O–H groups in total. The van der Waals surface area contributed by atoms with Crippen molar-refractivity contribution in [3.05, 3.63) is 53.6 Å². The first-order valence-corrected chi connectivity index (χ1v) is 15.6. The van der Waals surface area contributed by atoms with Crippen LogP contribution in [-0.4, -0.2) is 64.5 Å². The Morgan fingerprint density at radius 1 is 1.31 bits per heavy atom. The van der Waals surface area contributed by atoms with Crippen LogP contribution >= 0.6 is 40.0 Å².